The number of aryl methyl sites for hydroxylation is 1. The number of nitrogens with two attached hydrogens (primary N) is 1. The van der Waals surface area contributed by atoms with Crippen molar-refractivity contribution in [2.75, 3.05) is 0 Å². The molecule has 1 atom stereocenters. The smallest absolute Gasteiger partial charge is 0.0491 e. The number of nitrogens with zero attached hydrogens (tertiary/aromatic N) is 1. The molecule has 0 unspecified atom stereocenters. The zero-order valence-electron chi connectivity index (χ0n) is 9.00. The number of benzene rings is 1. The van der Waals surface area contributed by atoms with Crippen molar-refractivity contribution in [2.45, 2.75) is 19.4 Å². The van der Waals surface area contributed by atoms with Crippen LogP contribution in [0.2, 0.25) is 0 Å². The molecular formula is C12H15BrN2. The molecule has 1 aromatic heterocycles. The lowest BCUT2D eigenvalue weighted by molar-refractivity contribution is 0.694. The first kappa shape index (κ1) is 10.7. The minimum Gasteiger partial charge on any atom is -0.346 e. The van der Waals surface area contributed by atoms with E-state index in [1.807, 2.05) is 6.92 Å². The van der Waals surface area contributed by atoms with Crippen LogP contribution in [0.1, 0.15) is 12.6 Å². The van der Waals surface area contributed by atoms with Gasteiger partial charge in [-0.15, -0.1) is 0 Å². The molecule has 1 heterocycles. The van der Waals surface area contributed by atoms with E-state index in [9.17, 15) is 0 Å². The van der Waals surface area contributed by atoms with E-state index in [0.717, 1.165) is 6.42 Å². The van der Waals surface area contributed by atoms with Gasteiger partial charge in [0.1, 0.15) is 0 Å². The van der Waals surface area contributed by atoms with E-state index in [1.54, 1.807) is 0 Å². The Morgan fingerprint density at radius 1 is 1.40 bits per heavy atom. The molecule has 2 N–H and O–H groups in total. The maximum absolute atomic E-state index is 5.85. The number of aromatic nitrogens is 1. The fourth-order valence-electron chi connectivity index (χ4n) is 1.93. The van der Waals surface area contributed by atoms with Gasteiger partial charge < -0.3 is 10.3 Å². The van der Waals surface area contributed by atoms with Gasteiger partial charge >= 0.3 is 0 Å². The molecule has 2 nitrogen and oxygen atoms in total. The van der Waals surface area contributed by atoms with Crippen molar-refractivity contribution in [1.29, 1.82) is 0 Å². The summed E-state index contributed by atoms with van der Waals surface area (Å²) < 4.78 is 3.39. The van der Waals surface area contributed by atoms with Crippen LogP contribution in [0, 0.1) is 0 Å². The predicted molar refractivity (Wildman–Crippen MR) is 68.0 cm³/mol. The van der Waals surface area contributed by atoms with Gasteiger partial charge in [-0.05, 0) is 28.9 Å². The maximum atomic E-state index is 5.85. The molecule has 1 aromatic carbocycles. The molecule has 0 aliphatic heterocycles. The van der Waals surface area contributed by atoms with E-state index >= 15 is 0 Å². The SMILES string of the molecule is C[C@@H](N)Cc1c(Br)c2ccccc2n1C. The summed E-state index contributed by atoms with van der Waals surface area (Å²) in [4.78, 5) is 0. The number of halogens is 1. The van der Waals surface area contributed by atoms with Crippen molar-refractivity contribution in [3.8, 4) is 0 Å². The number of rotatable bonds is 2. The molecule has 0 amide bonds. The largest absolute Gasteiger partial charge is 0.346 e. The second kappa shape index (κ2) is 3.99. The van der Waals surface area contributed by atoms with E-state index in [1.165, 1.54) is 21.1 Å². The molecule has 0 spiro atoms. The quantitative estimate of drug-likeness (QED) is 0.891. The third-order valence-electron chi connectivity index (χ3n) is 2.68. The van der Waals surface area contributed by atoms with Crippen LogP contribution < -0.4 is 5.73 Å². The van der Waals surface area contributed by atoms with Crippen LogP contribution >= 0.6 is 15.9 Å². The van der Waals surface area contributed by atoms with Crippen molar-refractivity contribution < 1.29 is 0 Å². The lowest BCUT2D eigenvalue weighted by atomic mass is 10.2. The lowest BCUT2D eigenvalue weighted by Crippen LogP contribution is -2.19. The van der Waals surface area contributed by atoms with Crippen molar-refractivity contribution in [3.63, 3.8) is 0 Å². The Hall–Kier alpha value is -0.800. The Morgan fingerprint density at radius 3 is 2.67 bits per heavy atom. The Morgan fingerprint density at radius 2 is 2.07 bits per heavy atom. The molecule has 2 rings (SSSR count). The summed E-state index contributed by atoms with van der Waals surface area (Å²) in [6.07, 6.45) is 0.895. The monoisotopic (exact) mass is 266 g/mol. The Labute approximate surface area is 98.2 Å². The highest BCUT2D eigenvalue weighted by Crippen LogP contribution is 2.30. The summed E-state index contributed by atoms with van der Waals surface area (Å²) in [5.41, 5.74) is 8.37. The van der Waals surface area contributed by atoms with Crippen LogP contribution in [0.15, 0.2) is 28.7 Å². The molecule has 2 aromatic rings. The Kier molecular flexibility index (Phi) is 2.85. The molecular weight excluding hydrogens is 252 g/mol. The molecule has 15 heavy (non-hydrogen) atoms. The Bertz CT molecular complexity index is 447. The van der Waals surface area contributed by atoms with Crippen molar-refractivity contribution in [2.24, 2.45) is 12.8 Å². The summed E-state index contributed by atoms with van der Waals surface area (Å²) in [6.45, 7) is 2.03. The zero-order chi connectivity index (χ0) is 11.0. The first-order valence-corrected chi connectivity index (χ1v) is 5.88. The van der Waals surface area contributed by atoms with Crippen LogP contribution in [0.4, 0.5) is 0 Å². The molecule has 0 aliphatic rings. The molecule has 0 radical (unpaired) electrons. The van der Waals surface area contributed by atoms with E-state index in [4.69, 9.17) is 5.73 Å². The van der Waals surface area contributed by atoms with Gasteiger partial charge in [-0.25, -0.2) is 0 Å². The van der Waals surface area contributed by atoms with Crippen molar-refractivity contribution in [1.82, 2.24) is 4.57 Å². The van der Waals surface area contributed by atoms with Crippen LogP contribution in [0.5, 0.6) is 0 Å². The summed E-state index contributed by atoms with van der Waals surface area (Å²) in [6, 6.07) is 8.56. The number of hydrogen-bond donors (Lipinski definition) is 1. The third kappa shape index (κ3) is 1.82. The molecule has 0 saturated heterocycles. The van der Waals surface area contributed by atoms with E-state index < -0.39 is 0 Å². The van der Waals surface area contributed by atoms with Crippen LogP contribution in [0.25, 0.3) is 10.9 Å². The van der Waals surface area contributed by atoms with Crippen molar-refractivity contribution in [3.05, 3.63) is 34.4 Å². The van der Waals surface area contributed by atoms with Crippen LogP contribution in [-0.2, 0) is 13.5 Å². The van der Waals surface area contributed by atoms with Gasteiger partial charge in [0, 0.05) is 40.6 Å². The van der Waals surface area contributed by atoms with E-state index in [-0.39, 0.29) is 6.04 Å². The van der Waals surface area contributed by atoms with Gasteiger partial charge in [0.2, 0.25) is 0 Å². The highest BCUT2D eigenvalue weighted by Gasteiger charge is 2.13. The Balaban J connectivity index is 2.64. The fourth-order valence-corrected chi connectivity index (χ4v) is 2.69. The molecule has 0 bridgehead atoms. The van der Waals surface area contributed by atoms with Gasteiger partial charge in [0.05, 0.1) is 0 Å². The summed E-state index contributed by atoms with van der Waals surface area (Å²) >= 11 is 3.65. The van der Waals surface area contributed by atoms with Gasteiger partial charge in [-0.3, -0.25) is 0 Å². The predicted octanol–water partition coefficient (Wildman–Crippen LogP) is 2.83. The highest BCUT2D eigenvalue weighted by molar-refractivity contribution is 9.10. The van der Waals surface area contributed by atoms with Crippen molar-refractivity contribution >= 4 is 26.8 Å². The van der Waals surface area contributed by atoms with E-state index in [2.05, 4.69) is 51.8 Å². The second-order valence-electron chi connectivity index (χ2n) is 4.02. The van der Waals surface area contributed by atoms with Crippen LogP contribution in [-0.4, -0.2) is 10.6 Å². The first-order chi connectivity index (χ1) is 7.11. The molecule has 0 fully saturated rings. The van der Waals surface area contributed by atoms with Gasteiger partial charge in [-0.1, -0.05) is 18.2 Å². The van der Waals surface area contributed by atoms with Gasteiger partial charge in [0.15, 0.2) is 0 Å². The molecule has 80 valence electrons. The third-order valence-corrected chi connectivity index (χ3v) is 3.56. The van der Waals surface area contributed by atoms with E-state index in [0.29, 0.717) is 0 Å². The fraction of sp³-hybridized carbons (Fsp3) is 0.333. The normalized spacial score (nSPS) is 13.3. The molecule has 0 saturated carbocycles. The average molecular weight is 267 g/mol. The summed E-state index contributed by atoms with van der Waals surface area (Å²) in [5, 5.41) is 1.26. The first-order valence-electron chi connectivity index (χ1n) is 5.08. The topological polar surface area (TPSA) is 30.9 Å². The lowest BCUT2D eigenvalue weighted by Gasteiger charge is -2.07. The van der Waals surface area contributed by atoms with Gasteiger partial charge in [0.25, 0.3) is 0 Å². The van der Waals surface area contributed by atoms with Gasteiger partial charge in [-0.2, -0.15) is 0 Å². The number of para-hydroxylation sites is 1. The molecule has 3 heteroatoms. The summed E-state index contributed by atoms with van der Waals surface area (Å²) in [7, 11) is 2.09. The maximum Gasteiger partial charge on any atom is 0.0491 e. The zero-order valence-corrected chi connectivity index (χ0v) is 10.6. The minimum absolute atomic E-state index is 0.185. The highest BCUT2D eigenvalue weighted by atomic mass is 79.9. The number of hydrogen-bond acceptors (Lipinski definition) is 1. The minimum atomic E-state index is 0.185. The molecule has 0 aliphatic carbocycles. The number of fused-ring (bicyclic) bond motifs is 1. The average Bonchev–Trinajstić information content (AvgIpc) is 2.44. The summed E-state index contributed by atoms with van der Waals surface area (Å²) in [5.74, 6) is 0. The second-order valence-corrected chi connectivity index (χ2v) is 4.81. The standard InChI is InChI=1S/C12H15BrN2/c1-8(14)7-11-12(13)9-5-3-4-6-10(9)15(11)2/h3-6,8H,7,14H2,1-2H3/t8-/m1/s1. The van der Waals surface area contributed by atoms with Crippen LogP contribution in [0.3, 0.4) is 0 Å².